The van der Waals surface area contributed by atoms with Crippen molar-refractivity contribution in [1.82, 2.24) is 4.90 Å². The highest BCUT2D eigenvalue weighted by molar-refractivity contribution is 7.90. The molecule has 4 rings (SSSR count). The summed E-state index contributed by atoms with van der Waals surface area (Å²) in [5.74, 6) is 1.90. The third-order valence-electron chi connectivity index (χ3n) is 5.13. The Morgan fingerprint density at radius 2 is 1.85 bits per heavy atom. The van der Waals surface area contributed by atoms with Gasteiger partial charge in [-0.2, -0.15) is 0 Å². The second kappa shape index (κ2) is 9.84. The maximum Gasteiger partial charge on any atom is 0.263 e. The number of hydrogen-bond donors (Lipinski definition) is 0. The number of ether oxygens (including phenoxy) is 3. The fourth-order valence-corrected chi connectivity index (χ4v) is 5.03. The molecule has 174 valence electrons. The van der Waals surface area contributed by atoms with Gasteiger partial charge in [0, 0.05) is 24.7 Å². The lowest BCUT2D eigenvalue weighted by atomic mass is 10.1. The first-order valence-electron chi connectivity index (χ1n) is 10.5. The van der Waals surface area contributed by atoms with E-state index >= 15 is 0 Å². The van der Waals surface area contributed by atoms with E-state index in [4.69, 9.17) is 14.2 Å². The van der Waals surface area contributed by atoms with Crippen LogP contribution in [-0.4, -0.2) is 58.9 Å². The molecular weight excluding hydrogens is 462 g/mol. The molecule has 0 aliphatic carbocycles. The van der Waals surface area contributed by atoms with Crippen molar-refractivity contribution >= 4 is 27.1 Å². The van der Waals surface area contributed by atoms with E-state index in [1.54, 1.807) is 24.1 Å². The Bertz CT molecular complexity index is 1250. The van der Waals surface area contributed by atoms with Crippen molar-refractivity contribution in [3.8, 4) is 27.7 Å². The third-order valence-corrected chi connectivity index (χ3v) is 7.36. The van der Waals surface area contributed by atoms with Crippen LogP contribution in [0, 0.1) is 0 Å². The van der Waals surface area contributed by atoms with Crippen molar-refractivity contribution in [2.75, 3.05) is 39.7 Å². The number of hydrogen-bond acceptors (Lipinski definition) is 7. The molecule has 0 radical (unpaired) electrons. The molecule has 0 saturated heterocycles. The van der Waals surface area contributed by atoms with E-state index in [0.29, 0.717) is 43.4 Å². The Morgan fingerprint density at radius 3 is 2.64 bits per heavy atom. The minimum absolute atomic E-state index is 0.0529. The number of sulfone groups is 1. The van der Waals surface area contributed by atoms with Crippen LogP contribution in [0.5, 0.6) is 17.2 Å². The minimum atomic E-state index is -3.28. The van der Waals surface area contributed by atoms with Crippen LogP contribution in [0.25, 0.3) is 10.4 Å². The number of fused-ring (bicyclic) bond motifs is 1. The van der Waals surface area contributed by atoms with Crippen LogP contribution in [-0.2, 0) is 9.84 Å². The van der Waals surface area contributed by atoms with Crippen LogP contribution in [0.1, 0.15) is 16.1 Å². The average Bonchev–Trinajstić information content (AvgIpc) is 3.31. The normalized spacial score (nSPS) is 12.9. The van der Waals surface area contributed by atoms with E-state index < -0.39 is 9.84 Å². The summed E-state index contributed by atoms with van der Waals surface area (Å²) in [6.07, 6.45) is 1.78. The van der Waals surface area contributed by atoms with Gasteiger partial charge in [-0.1, -0.05) is 6.07 Å². The van der Waals surface area contributed by atoms with E-state index in [0.717, 1.165) is 28.2 Å². The predicted octanol–water partition coefficient (Wildman–Crippen LogP) is 4.13. The Balaban J connectivity index is 1.31. The van der Waals surface area contributed by atoms with E-state index in [-0.39, 0.29) is 10.8 Å². The number of amides is 1. The maximum absolute atomic E-state index is 12.8. The summed E-state index contributed by atoms with van der Waals surface area (Å²) in [6.45, 7) is 1.97. The number of benzene rings is 2. The molecule has 0 saturated carbocycles. The molecular formula is C24H25NO6S2. The predicted molar refractivity (Wildman–Crippen MR) is 127 cm³/mol. The van der Waals surface area contributed by atoms with Gasteiger partial charge in [-0.15, -0.1) is 11.3 Å². The molecule has 3 aromatic rings. The van der Waals surface area contributed by atoms with Gasteiger partial charge in [0.25, 0.3) is 5.91 Å². The second-order valence-corrected chi connectivity index (χ2v) is 10.8. The van der Waals surface area contributed by atoms with Crippen LogP contribution in [0.4, 0.5) is 0 Å². The third kappa shape index (κ3) is 5.66. The van der Waals surface area contributed by atoms with Crippen LogP contribution >= 0.6 is 11.3 Å². The summed E-state index contributed by atoms with van der Waals surface area (Å²) in [5.41, 5.74) is 0.982. The van der Waals surface area contributed by atoms with Gasteiger partial charge < -0.3 is 19.1 Å². The SMILES string of the molecule is CN(CCCOc1cccc(S(C)(=O)=O)c1)C(=O)c1ccc(-c2ccc3c(c2)OCCO3)s1. The second-order valence-electron chi connectivity index (χ2n) is 7.70. The van der Waals surface area contributed by atoms with Gasteiger partial charge in [0.1, 0.15) is 19.0 Å². The Hall–Kier alpha value is -3.04. The first-order chi connectivity index (χ1) is 15.8. The number of nitrogens with zero attached hydrogens (tertiary/aromatic N) is 1. The van der Waals surface area contributed by atoms with Gasteiger partial charge in [-0.05, 0) is 60.5 Å². The molecule has 0 unspecified atom stereocenters. The van der Waals surface area contributed by atoms with E-state index in [1.165, 1.54) is 23.5 Å². The summed E-state index contributed by atoms with van der Waals surface area (Å²) in [7, 11) is -1.52. The molecule has 1 aromatic heterocycles. The molecule has 2 heterocycles. The zero-order valence-electron chi connectivity index (χ0n) is 18.4. The highest BCUT2D eigenvalue weighted by Gasteiger charge is 2.17. The Morgan fingerprint density at radius 1 is 1.06 bits per heavy atom. The largest absolute Gasteiger partial charge is 0.493 e. The van der Waals surface area contributed by atoms with Crippen LogP contribution in [0.3, 0.4) is 0 Å². The highest BCUT2D eigenvalue weighted by atomic mass is 32.2. The van der Waals surface area contributed by atoms with Gasteiger partial charge >= 0.3 is 0 Å². The van der Waals surface area contributed by atoms with Crippen LogP contribution < -0.4 is 14.2 Å². The van der Waals surface area contributed by atoms with Crippen molar-refractivity contribution in [1.29, 1.82) is 0 Å². The molecule has 1 aliphatic heterocycles. The standard InChI is InChI=1S/C24H25NO6S2/c1-25(11-4-12-29-18-5-3-6-19(16-18)33(2,27)28)24(26)23-10-9-22(32-23)17-7-8-20-21(15-17)31-14-13-30-20/h3,5-10,15-16H,4,11-14H2,1-2H3. The van der Waals surface area contributed by atoms with Crippen molar-refractivity contribution in [3.05, 3.63) is 59.5 Å². The summed E-state index contributed by atoms with van der Waals surface area (Å²) in [4.78, 5) is 16.3. The molecule has 33 heavy (non-hydrogen) atoms. The monoisotopic (exact) mass is 487 g/mol. The topological polar surface area (TPSA) is 82.1 Å². The first kappa shape index (κ1) is 23.1. The Kier molecular flexibility index (Phi) is 6.90. The fourth-order valence-electron chi connectivity index (χ4n) is 3.38. The average molecular weight is 488 g/mol. The zero-order valence-corrected chi connectivity index (χ0v) is 20.1. The van der Waals surface area contributed by atoms with Crippen molar-refractivity contribution in [2.45, 2.75) is 11.3 Å². The van der Waals surface area contributed by atoms with Crippen molar-refractivity contribution < 1.29 is 27.4 Å². The quantitative estimate of drug-likeness (QED) is 0.445. The van der Waals surface area contributed by atoms with Gasteiger partial charge in [-0.25, -0.2) is 8.42 Å². The summed E-state index contributed by atoms with van der Waals surface area (Å²) in [6, 6.07) is 16.0. The smallest absolute Gasteiger partial charge is 0.263 e. The van der Waals surface area contributed by atoms with Crippen molar-refractivity contribution in [2.24, 2.45) is 0 Å². The molecule has 0 fully saturated rings. The lowest BCUT2D eigenvalue weighted by Gasteiger charge is -2.18. The van der Waals surface area contributed by atoms with Crippen LogP contribution in [0.15, 0.2) is 59.5 Å². The number of carbonyl (C=O) groups is 1. The number of rotatable bonds is 8. The summed E-state index contributed by atoms with van der Waals surface area (Å²) in [5, 5.41) is 0. The first-order valence-corrected chi connectivity index (χ1v) is 13.2. The number of carbonyl (C=O) groups excluding carboxylic acids is 1. The van der Waals surface area contributed by atoms with Gasteiger partial charge in [0.15, 0.2) is 21.3 Å². The van der Waals surface area contributed by atoms with E-state index in [1.807, 2.05) is 30.3 Å². The molecule has 7 nitrogen and oxygen atoms in total. The molecule has 1 aliphatic rings. The summed E-state index contributed by atoms with van der Waals surface area (Å²) >= 11 is 1.44. The van der Waals surface area contributed by atoms with Crippen molar-refractivity contribution in [3.63, 3.8) is 0 Å². The molecule has 0 spiro atoms. The minimum Gasteiger partial charge on any atom is -0.493 e. The molecule has 2 aromatic carbocycles. The lowest BCUT2D eigenvalue weighted by molar-refractivity contribution is 0.0792. The van der Waals surface area contributed by atoms with Gasteiger partial charge in [-0.3, -0.25) is 4.79 Å². The molecule has 9 heteroatoms. The summed E-state index contributed by atoms with van der Waals surface area (Å²) < 4.78 is 40.2. The fraction of sp³-hybridized carbons (Fsp3) is 0.292. The molecule has 0 bridgehead atoms. The molecule has 0 atom stereocenters. The van der Waals surface area contributed by atoms with Gasteiger partial charge in [0.2, 0.25) is 0 Å². The zero-order chi connectivity index (χ0) is 23.4. The molecule has 0 N–H and O–H groups in total. The van der Waals surface area contributed by atoms with Crippen LogP contribution in [0.2, 0.25) is 0 Å². The van der Waals surface area contributed by atoms with E-state index in [9.17, 15) is 13.2 Å². The Labute approximate surface area is 197 Å². The van der Waals surface area contributed by atoms with Gasteiger partial charge in [0.05, 0.1) is 16.4 Å². The number of thiophene rings is 1. The highest BCUT2D eigenvalue weighted by Crippen LogP contribution is 2.37. The lowest BCUT2D eigenvalue weighted by Crippen LogP contribution is -2.28. The maximum atomic E-state index is 12.8. The van der Waals surface area contributed by atoms with E-state index in [2.05, 4.69) is 0 Å². The molecule has 1 amide bonds.